The molecule has 2 fully saturated rings. The molecular weight excluding hydrogens is 214 g/mol. The Morgan fingerprint density at radius 2 is 2.06 bits per heavy atom. The molecule has 0 radical (unpaired) electrons. The average Bonchev–Trinajstić information content (AvgIpc) is 2.65. The van der Waals surface area contributed by atoms with Crippen LogP contribution >= 0.6 is 0 Å². The van der Waals surface area contributed by atoms with E-state index >= 15 is 0 Å². The lowest BCUT2D eigenvalue weighted by Gasteiger charge is -2.32. The van der Waals surface area contributed by atoms with E-state index in [1.54, 1.807) is 0 Å². The summed E-state index contributed by atoms with van der Waals surface area (Å²) in [5, 5.41) is 9.33. The van der Waals surface area contributed by atoms with Crippen LogP contribution in [0.25, 0.3) is 0 Å². The zero-order valence-electron chi connectivity index (χ0n) is 10.9. The molecule has 3 atom stereocenters. The number of hydrogen-bond acceptors (Lipinski definition) is 2. The van der Waals surface area contributed by atoms with Crippen LogP contribution in [-0.2, 0) is 4.79 Å². The van der Waals surface area contributed by atoms with Gasteiger partial charge in [-0.05, 0) is 39.0 Å². The van der Waals surface area contributed by atoms with E-state index in [4.69, 9.17) is 0 Å². The maximum atomic E-state index is 11.3. The first-order valence-corrected chi connectivity index (χ1v) is 6.71. The van der Waals surface area contributed by atoms with Crippen LogP contribution in [-0.4, -0.2) is 34.6 Å². The highest BCUT2D eigenvalue weighted by molar-refractivity contribution is 5.74. The van der Waals surface area contributed by atoms with Crippen molar-refractivity contribution < 1.29 is 9.90 Å². The van der Waals surface area contributed by atoms with Crippen molar-refractivity contribution in [1.29, 1.82) is 0 Å². The van der Waals surface area contributed by atoms with Crippen molar-refractivity contribution in [2.24, 2.45) is 5.92 Å². The quantitative estimate of drug-likeness (QED) is 0.767. The van der Waals surface area contributed by atoms with Gasteiger partial charge in [-0.2, -0.15) is 0 Å². The highest BCUT2D eigenvalue weighted by Crippen LogP contribution is 2.39. The summed E-state index contributed by atoms with van der Waals surface area (Å²) >= 11 is 0. The molecule has 1 N–H and O–H groups in total. The molecule has 1 heterocycles. The maximum Gasteiger partial charge on any atom is 0.320 e. The van der Waals surface area contributed by atoms with Crippen molar-refractivity contribution in [3.05, 3.63) is 11.6 Å². The molecule has 17 heavy (non-hydrogen) atoms. The van der Waals surface area contributed by atoms with Gasteiger partial charge in [0.25, 0.3) is 0 Å². The van der Waals surface area contributed by atoms with E-state index in [2.05, 4.69) is 24.8 Å². The second-order valence-electron chi connectivity index (χ2n) is 5.68. The van der Waals surface area contributed by atoms with Gasteiger partial charge in [-0.25, -0.2) is 0 Å². The lowest BCUT2D eigenvalue weighted by atomic mass is 9.85. The summed E-state index contributed by atoms with van der Waals surface area (Å²) < 4.78 is 0. The van der Waals surface area contributed by atoms with Gasteiger partial charge in [-0.3, -0.25) is 9.69 Å². The topological polar surface area (TPSA) is 40.5 Å². The number of carboxylic acid groups (broad SMARTS) is 1. The smallest absolute Gasteiger partial charge is 0.320 e. The molecule has 2 rings (SSSR count). The summed E-state index contributed by atoms with van der Waals surface area (Å²) in [5.41, 5.74) is 1.27. The molecule has 1 aliphatic heterocycles. The second-order valence-corrected chi connectivity index (χ2v) is 5.68. The highest BCUT2D eigenvalue weighted by atomic mass is 16.4. The van der Waals surface area contributed by atoms with Crippen LogP contribution < -0.4 is 0 Å². The van der Waals surface area contributed by atoms with Crippen molar-refractivity contribution in [3.63, 3.8) is 0 Å². The molecule has 96 valence electrons. The summed E-state index contributed by atoms with van der Waals surface area (Å²) in [6.07, 6.45) is 7.97. The Morgan fingerprint density at radius 1 is 1.35 bits per heavy atom. The van der Waals surface area contributed by atoms with Gasteiger partial charge in [0, 0.05) is 12.6 Å². The molecule has 1 saturated carbocycles. The number of aliphatic carboxylic acids is 1. The lowest BCUT2D eigenvalue weighted by molar-refractivity contribution is -0.142. The number of carbonyl (C=O) groups is 1. The molecule has 3 unspecified atom stereocenters. The first-order valence-electron chi connectivity index (χ1n) is 6.71. The van der Waals surface area contributed by atoms with Crippen LogP contribution in [0.2, 0.25) is 0 Å². The van der Waals surface area contributed by atoms with E-state index in [1.807, 2.05) is 0 Å². The number of carboxylic acids is 1. The zero-order valence-corrected chi connectivity index (χ0v) is 10.9. The van der Waals surface area contributed by atoms with Crippen LogP contribution in [0.1, 0.15) is 46.0 Å². The van der Waals surface area contributed by atoms with Crippen molar-refractivity contribution >= 4 is 5.97 Å². The van der Waals surface area contributed by atoms with Crippen molar-refractivity contribution in [1.82, 2.24) is 4.90 Å². The number of rotatable bonds is 3. The standard InChI is InChI=1S/C14H23NO2/c1-10(2)7-8-15-12-6-4-3-5-11(12)9-13(15)14(16)17/h7,11-13H,3-6,8-9H2,1-2H3,(H,16,17). The molecule has 1 saturated heterocycles. The molecule has 0 spiro atoms. The van der Waals surface area contributed by atoms with Gasteiger partial charge in [0.15, 0.2) is 0 Å². The number of allylic oxidation sites excluding steroid dienone is 1. The highest BCUT2D eigenvalue weighted by Gasteiger charge is 2.44. The molecule has 3 nitrogen and oxygen atoms in total. The van der Waals surface area contributed by atoms with E-state index in [0.29, 0.717) is 12.0 Å². The number of likely N-dealkylation sites (tertiary alicyclic amines) is 1. The molecule has 0 aromatic heterocycles. The molecule has 0 amide bonds. The molecule has 2 aliphatic rings. The summed E-state index contributed by atoms with van der Waals surface area (Å²) in [7, 11) is 0. The van der Waals surface area contributed by atoms with Crippen molar-refractivity contribution in [3.8, 4) is 0 Å². The van der Waals surface area contributed by atoms with E-state index in [0.717, 1.165) is 13.0 Å². The average molecular weight is 237 g/mol. The Bertz CT molecular complexity index is 320. The van der Waals surface area contributed by atoms with Crippen LogP contribution in [0.3, 0.4) is 0 Å². The zero-order chi connectivity index (χ0) is 12.4. The summed E-state index contributed by atoms with van der Waals surface area (Å²) in [4.78, 5) is 13.6. The van der Waals surface area contributed by atoms with Crippen LogP contribution in [0.4, 0.5) is 0 Å². The van der Waals surface area contributed by atoms with Gasteiger partial charge >= 0.3 is 5.97 Å². The monoisotopic (exact) mass is 237 g/mol. The van der Waals surface area contributed by atoms with Gasteiger partial charge < -0.3 is 5.11 Å². The third-order valence-electron chi connectivity index (χ3n) is 4.22. The van der Waals surface area contributed by atoms with Crippen molar-refractivity contribution in [2.75, 3.05) is 6.54 Å². The van der Waals surface area contributed by atoms with Crippen LogP contribution in [0.15, 0.2) is 11.6 Å². The van der Waals surface area contributed by atoms with E-state index in [-0.39, 0.29) is 6.04 Å². The number of fused-ring (bicyclic) bond motifs is 1. The van der Waals surface area contributed by atoms with Gasteiger partial charge in [0.2, 0.25) is 0 Å². The predicted octanol–water partition coefficient (Wildman–Crippen LogP) is 2.67. The van der Waals surface area contributed by atoms with Gasteiger partial charge in [-0.15, -0.1) is 0 Å². The van der Waals surface area contributed by atoms with E-state index < -0.39 is 5.97 Å². The van der Waals surface area contributed by atoms with Gasteiger partial charge in [-0.1, -0.05) is 24.5 Å². The molecule has 0 bridgehead atoms. The molecule has 3 heteroatoms. The normalized spacial score (nSPS) is 33.2. The third-order valence-corrected chi connectivity index (χ3v) is 4.22. The molecule has 0 aromatic carbocycles. The fourth-order valence-corrected chi connectivity index (χ4v) is 3.35. The number of nitrogens with zero attached hydrogens (tertiary/aromatic N) is 1. The Kier molecular flexibility index (Phi) is 3.87. The first kappa shape index (κ1) is 12.6. The Hall–Kier alpha value is -0.830. The van der Waals surface area contributed by atoms with Crippen molar-refractivity contribution in [2.45, 2.75) is 58.0 Å². The van der Waals surface area contributed by atoms with Gasteiger partial charge in [0.05, 0.1) is 0 Å². The van der Waals surface area contributed by atoms with E-state index in [9.17, 15) is 9.90 Å². The SMILES string of the molecule is CC(C)=CCN1C(C(=O)O)CC2CCCCC21. The lowest BCUT2D eigenvalue weighted by Crippen LogP contribution is -2.42. The summed E-state index contributed by atoms with van der Waals surface area (Å²) in [6, 6.07) is 0.263. The minimum Gasteiger partial charge on any atom is -0.480 e. The predicted molar refractivity (Wildman–Crippen MR) is 67.9 cm³/mol. The Labute approximate surface area is 103 Å². The molecule has 0 aromatic rings. The van der Waals surface area contributed by atoms with E-state index in [1.165, 1.54) is 31.3 Å². The van der Waals surface area contributed by atoms with Crippen LogP contribution in [0.5, 0.6) is 0 Å². The van der Waals surface area contributed by atoms with Crippen LogP contribution in [0, 0.1) is 5.92 Å². The second kappa shape index (κ2) is 5.21. The maximum absolute atomic E-state index is 11.3. The molecular formula is C14H23NO2. The summed E-state index contributed by atoms with van der Waals surface area (Å²) in [6.45, 7) is 4.95. The minimum atomic E-state index is -0.637. The molecule has 1 aliphatic carbocycles. The summed E-state index contributed by atoms with van der Waals surface area (Å²) in [5.74, 6) is -0.0167. The Morgan fingerprint density at radius 3 is 2.71 bits per heavy atom. The Balaban J connectivity index is 2.11. The number of hydrogen-bond donors (Lipinski definition) is 1. The third kappa shape index (κ3) is 2.71. The fraction of sp³-hybridized carbons (Fsp3) is 0.786. The minimum absolute atomic E-state index is 0.251. The van der Waals surface area contributed by atoms with Gasteiger partial charge in [0.1, 0.15) is 6.04 Å². The first-order chi connectivity index (χ1) is 8.09. The largest absolute Gasteiger partial charge is 0.480 e. The fourth-order valence-electron chi connectivity index (χ4n) is 3.35.